The van der Waals surface area contributed by atoms with E-state index in [1.165, 1.54) is 6.20 Å². The number of halogens is 1. The zero-order chi connectivity index (χ0) is 14.8. The monoisotopic (exact) mass is 348 g/mol. The van der Waals surface area contributed by atoms with Gasteiger partial charge in [-0.1, -0.05) is 0 Å². The molecule has 2 N–H and O–H groups in total. The third kappa shape index (κ3) is 3.25. The van der Waals surface area contributed by atoms with Crippen molar-refractivity contribution in [2.24, 2.45) is 0 Å². The van der Waals surface area contributed by atoms with E-state index in [-0.39, 0.29) is 12.5 Å². The molecule has 2 aromatic rings. The van der Waals surface area contributed by atoms with Crippen molar-refractivity contribution in [2.75, 3.05) is 5.32 Å². The molecule has 6 nitrogen and oxygen atoms in total. The number of anilines is 1. The van der Waals surface area contributed by atoms with Crippen LogP contribution in [0.1, 0.15) is 40.6 Å². The second kappa shape index (κ2) is 5.87. The van der Waals surface area contributed by atoms with Crippen LogP contribution in [-0.2, 0) is 6.61 Å². The Morgan fingerprint density at radius 2 is 2.24 bits per heavy atom. The van der Waals surface area contributed by atoms with E-state index < -0.39 is 0 Å². The molecule has 0 spiro atoms. The van der Waals surface area contributed by atoms with Gasteiger partial charge in [0.15, 0.2) is 0 Å². The van der Waals surface area contributed by atoms with Gasteiger partial charge in [0.2, 0.25) is 0 Å². The lowest BCUT2D eigenvalue weighted by atomic mass is 10.2. The van der Waals surface area contributed by atoms with Crippen LogP contribution in [0.4, 0.5) is 5.82 Å². The largest absolute Gasteiger partial charge is 0.392 e. The fourth-order valence-corrected chi connectivity index (χ4v) is 2.27. The SMILES string of the molecule is O=C(Nc1cc(CO)ccn1)c1nc(C2CC2)ncc1Br. The Labute approximate surface area is 129 Å². The third-order valence-electron chi connectivity index (χ3n) is 3.17. The van der Waals surface area contributed by atoms with Crippen molar-refractivity contribution in [3.63, 3.8) is 0 Å². The predicted molar refractivity (Wildman–Crippen MR) is 79.8 cm³/mol. The zero-order valence-corrected chi connectivity index (χ0v) is 12.7. The van der Waals surface area contributed by atoms with Gasteiger partial charge in [-0.15, -0.1) is 0 Å². The van der Waals surface area contributed by atoms with Gasteiger partial charge in [-0.3, -0.25) is 4.79 Å². The Hall–Kier alpha value is -1.86. The number of hydrogen-bond acceptors (Lipinski definition) is 5. The zero-order valence-electron chi connectivity index (χ0n) is 11.1. The Bertz CT molecular complexity index is 688. The molecular weight excluding hydrogens is 336 g/mol. The van der Waals surface area contributed by atoms with Gasteiger partial charge in [-0.2, -0.15) is 0 Å². The van der Waals surface area contributed by atoms with Crippen LogP contribution >= 0.6 is 15.9 Å². The molecule has 1 amide bonds. The van der Waals surface area contributed by atoms with Crippen molar-refractivity contribution in [2.45, 2.75) is 25.4 Å². The number of carbonyl (C=O) groups is 1. The fraction of sp³-hybridized carbons (Fsp3) is 0.286. The molecule has 0 aromatic carbocycles. The highest BCUT2D eigenvalue weighted by Gasteiger charge is 2.28. The van der Waals surface area contributed by atoms with Gasteiger partial charge in [0, 0.05) is 18.3 Å². The highest BCUT2D eigenvalue weighted by atomic mass is 79.9. The van der Waals surface area contributed by atoms with Gasteiger partial charge in [0.25, 0.3) is 5.91 Å². The molecule has 0 bridgehead atoms. The van der Waals surface area contributed by atoms with Crippen LogP contribution in [0.25, 0.3) is 0 Å². The minimum Gasteiger partial charge on any atom is -0.392 e. The van der Waals surface area contributed by atoms with Crippen molar-refractivity contribution in [1.29, 1.82) is 0 Å². The number of aliphatic hydroxyl groups excluding tert-OH is 1. The molecule has 0 unspecified atom stereocenters. The average molecular weight is 349 g/mol. The number of amides is 1. The molecule has 0 aliphatic heterocycles. The van der Waals surface area contributed by atoms with E-state index in [0.29, 0.717) is 33.3 Å². The average Bonchev–Trinajstić information content (AvgIpc) is 3.32. The van der Waals surface area contributed by atoms with Gasteiger partial charge in [-0.25, -0.2) is 15.0 Å². The molecule has 108 valence electrons. The highest BCUT2D eigenvalue weighted by molar-refractivity contribution is 9.10. The molecule has 21 heavy (non-hydrogen) atoms. The Morgan fingerprint density at radius 3 is 2.95 bits per heavy atom. The minimum absolute atomic E-state index is 0.103. The normalized spacial score (nSPS) is 14.0. The maximum atomic E-state index is 12.3. The van der Waals surface area contributed by atoms with Gasteiger partial charge >= 0.3 is 0 Å². The summed E-state index contributed by atoms with van der Waals surface area (Å²) in [7, 11) is 0. The van der Waals surface area contributed by atoms with Crippen molar-refractivity contribution < 1.29 is 9.90 Å². The number of pyridine rings is 1. The maximum Gasteiger partial charge on any atom is 0.276 e. The molecular formula is C14H13BrN4O2. The molecule has 2 aromatic heterocycles. The van der Waals surface area contributed by atoms with E-state index in [1.807, 2.05) is 0 Å². The van der Waals surface area contributed by atoms with Crippen LogP contribution in [0.5, 0.6) is 0 Å². The number of carbonyl (C=O) groups excluding carboxylic acids is 1. The number of aromatic nitrogens is 3. The van der Waals surface area contributed by atoms with E-state index in [1.54, 1.807) is 18.3 Å². The maximum absolute atomic E-state index is 12.3. The lowest BCUT2D eigenvalue weighted by molar-refractivity contribution is 0.102. The summed E-state index contributed by atoms with van der Waals surface area (Å²) >= 11 is 3.30. The van der Waals surface area contributed by atoms with E-state index in [9.17, 15) is 4.79 Å². The number of aliphatic hydroxyl groups is 1. The van der Waals surface area contributed by atoms with Gasteiger partial charge < -0.3 is 10.4 Å². The molecule has 0 saturated heterocycles. The van der Waals surface area contributed by atoms with Crippen LogP contribution in [0.15, 0.2) is 29.0 Å². The van der Waals surface area contributed by atoms with Gasteiger partial charge in [0.05, 0.1) is 11.1 Å². The first kappa shape index (κ1) is 14.1. The number of hydrogen-bond donors (Lipinski definition) is 2. The quantitative estimate of drug-likeness (QED) is 0.884. The Morgan fingerprint density at radius 1 is 1.43 bits per heavy atom. The Balaban J connectivity index is 1.82. The molecule has 3 rings (SSSR count). The smallest absolute Gasteiger partial charge is 0.276 e. The molecule has 0 atom stereocenters. The van der Waals surface area contributed by atoms with Crippen molar-refractivity contribution in [3.8, 4) is 0 Å². The van der Waals surface area contributed by atoms with Gasteiger partial charge in [-0.05, 0) is 46.5 Å². The second-order valence-electron chi connectivity index (χ2n) is 4.86. The summed E-state index contributed by atoms with van der Waals surface area (Å²) < 4.78 is 0.544. The van der Waals surface area contributed by atoms with Crippen molar-refractivity contribution >= 4 is 27.7 Å². The van der Waals surface area contributed by atoms with Crippen LogP contribution in [0, 0.1) is 0 Å². The van der Waals surface area contributed by atoms with Crippen LogP contribution in [-0.4, -0.2) is 26.0 Å². The highest BCUT2D eigenvalue weighted by Crippen LogP contribution is 2.38. The number of nitrogens with zero attached hydrogens (tertiary/aromatic N) is 3. The van der Waals surface area contributed by atoms with Gasteiger partial charge in [0.1, 0.15) is 17.3 Å². The predicted octanol–water partition coefficient (Wildman–Crippen LogP) is 2.26. The first-order valence-electron chi connectivity index (χ1n) is 6.57. The number of rotatable bonds is 4. The summed E-state index contributed by atoms with van der Waals surface area (Å²) in [5.74, 6) is 1.11. The van der Waals surface area contributed by atoms with Crippen molar-refractivity contribution in [3.05, 3.63) is 46.1 Å². The molecule has 1 aliphatic rings. The third-order valence-corrected chi connectivity index (χ3v) is 3.75. The molecule has 1 fully saturated rings. The molecule has 7 heteroatoms. The van der Waals surface area contributed by atoms with E-state index in [0.717, 1.165) is 12.8 Å². The lowest BCUT2D eigenvalue weighted by Gasteiger charge is -2.07. The lowest BCUT2D eigenvalue weighted by Crippen LogP contribution is -2.16. The van der Waals surface area contributed by atoms with E-state index in [4.69, 9.17) is 5.11 Å². The molecule has 1 aliphatic carbocycles. The first-order valence-corrected chi connectivity index (χ1v) is 7.36. The summed E-state index contributed by atoms with van der Waals surface area (Å²) in [6.45, 7) is -0.103. The first-order chi connectivity index (χ1) is 10.2. The summed E-state index contributed by atoms with van der Waals surface area (Å²) in [4.78, 5) is 24.9. The molecule has 1 saturated carbocycles. The minimum atomic E-state index is -0.353. The summed E-state index contributed by atoms with van der Waals surface area (Å²) in [5, 5.41) is 11.8. The fourth-order valence-electron chi connectivity index (χ4n) is 1.89. The molecule has 0 radical (unpaired) electrons. The second-order valence-corrected chi connectivity index (χ2v) is 5.71. The summed E-state index contributed by atoms with van der Waals surface area (Å²) in [5.41, 5.74) is 0.976. The topological polar surface area (TPSA) is 88.0 Å². The van der Waals surface area contributed by atoms with Crippen LogP contribution in [0.3, 0.4) is 0 Å². The Kier molecular flexibility index (Phi) is 3.94. The standard InChI is InChI=1S/C14H13BrN4O2/c15-10-6-17-13(9-1-2-9)19-12(10)14(21)18-11-5-8(7-20)3-4-16-11/h3-6,9,20H,1-2,7H2,(H,16,18,21). The molecule has 2 heterocycles. The van der Waals surface area contributed by atoms with Crippen LogP contribution in [0.2, 0.25) is 0 Å². The van der Waals surface area contributed by atoms with E-state index in [2.05, 4.69) is 36.2 Å². The van der Waals surface area contributed by atoms with Crippen LogP contribution < -0.4 is 5.32 Å². The van der Waals surface area contributed by atoms with Crippen molar-refractivity contribution in [1.82, 2.24) is 15.0 Å². The summed E-state index contributed by atoms with van der Waals surface area (Å²) in [6, 6.07) is 3.30. The van der Waals surface area contributed by atoms with E-state index >= 15 is 0 Å². The number of nitrogens with one attached hydrogen (secondary N) is 1. The summed E-state index contributed by atoms with van der Waals surface area (Å²) in [6.07, 6.45) is 5.28.